The smallest absolute Gasteiger partial charge is 0.268 e. The summed E-state index contributed by atoms with van der Waals surface area (Å²) < 4.78 is 23.0. The average molecular weight is 675 g/mol. The summed E-state index contributed by atoms with van der Waals surface area (Å²) in [5, 5.41) is 13.7. The Morgan fingerprint density at radius 1 is 0.739 bits per heavy atom. The van der Waals surface area contributed by atoms with Crippen LogP contribution in [0.4, 0.5) is 0 Å². The number of rotatable bonds is 34. The predicted octanol–water partition coefficient (Wildman–Crippen LogP) is 9.00. The minimum atomic E-state index is -4.57. The van der Waals surface area contributed by atoms with Gasteiger partial charge in [-0.25, -0.2) is 0 Å². The van der Waals surface area contributed by atoms with Crippen molar-refractivity contribution < 1.29 is 32.9 Å². The molecule has 0 fully saturated rings. The van der Waals surface area contributed by atoms with Crippen LogP contribution in [0.3, 0.4) is 0 Å². The second-order valence-corrected chi connectivity index (χ2v) is 15.7. The molecule has 0 spiro atoms. The van der Waals surface area contributed by atoms with Gasteiger partial charge >= 0.3 is 0 Å². The van der Waals surface area contributed by atoms with Gasteiger partial charge in [0.1, 0.15) is 13.2 Å². The highest BCUT2D eigenvalue weighted by molar-refractivity contribution is 7.45. The zero-order chi connectivity index (χ0) is 34.4. The minimum Gasteiger partial charge on any atom is -0.756 e. The van der Waals surface area contributed by atoms with Crippen molar-refractivity contribution >= 4 is 13.7 Å². The van der Waals surface area contributed by atoms with Crippen LogP contribution in [0.25, 0.3) is 0 Å². The molecule has 1 amide bonds. The number of likely N-dealkylation sites (N-methyl/N-ethyl adjacent to an activating group) is 1. The van der Waals surface area contributed by atoms with E-state index in [9.17, 15) is 19.4 Å². The van der Waals surface area contributed by atoms with Crippen molar-refractivity contribution in [2.24, 2.45) is 0 Å². The third-order valence-electron chi connectivity index (χ3n) is 8.50. The molecule has 8 nitrogen and oxygen atoms in total. The Morgan fingerprint density at radius 3 is 1.63 bits per heavy atom. The number of unbranched alkanes of at least 4 members (excludes halogenated alkanes) is 21. The average Bonchev–Trinajstić information content (AvgIpc) is 2.99. The number of carbonyl (C=O) groups excluding carboxylic acids is 1. The molecule has 46 heavy (non-hydrogen) atoms. The molecule has 0 radical (unpaired) electrons. The molecule has 0 heterocycles. The molecule has 0 bridgehead atoms. The lowest BCUT2D eigenvalue weighted by Gasteiger charge is -2.29. The monoisotopic (exact) mass is 675 g/mol. The van der Waals surface area contributed by atoms with Crippen LogP contribution in [0.5, 0.6) is 0 Å². The van der Waals surface area contributed by atoms with E-state index >= 15 is 0 Å². The van der Waals surface area contributed by atoms with Gasteiger partial charge in [0.05, 0.1) is 39.9 Å². The summed E-state index contributed by atoms with van der Waals surface area (Å²) >= 11 is 0. The number of amides is 1. The molecule has 3 atom stereocenters. The zero-order valence-corrected chi connectivity index (χ0v) is 31.7. The van der Waals surface area contributed by atoms with E-state index in [1.807, 2.05) is 27.2 Å². The molecule has 0 aliphatic carbocycles. The van der Waals surface area contributed by atoms with Crippen molar-refractivity contribution in [3.63, 3.8) is 0 Å². The highest BCUT2D eigenvalue weighted by Gasteiger charge is 2.23. The third-order valence-corrected chi connectivity index (χ3v) is 9.46. The Morgan fingerprint density at radius 2 is 1.17 bits per heavy atom. The van der Waals surface area contributed by atoms with Gasteiger partial charge in [-0.15, -0.1) is 0 Å². The first-order valence-corrected chi connectivity index (χ1v) is 20.5. The summed E-state index contributed by atoms with van der Waals surface area (Å²) in [6, 6.07) is -0.877. The van der Waals surface area contributed by atoms with Crippen molar-refractivity contribution in [1.82, 2.24) is 5.32 Å². The normalized spacial score (nSPS) is 14.8. The molecule has 0 aliphatic heterocycles. The molecule has 0 aromatic heterocycles. The SMILES string of the molecule is CCCCCCCCCCCCCCC/C=C/C(O)C(COP(=O)([O-])OCC[N+](C)(C)C)NC(=O)CCCCCCCCCCC. The Balaban J connectivity index is 4.51. The zero-order valence-electron chi connectivity index (χ0n) is 30.8. The number of phosphoric ester groups is 1. The maximum atomic E-state index is 12.7. The van der Waals surface area contributed by atoms with E-state index in [1.54, 1.807) is 6.08 Å². The summed E-state index contributed by atoms with van der Waals surface area (Å²) in [5.74, 6) is -0.202. The first-order chi connectivity index (χ1) is 22.0. The van der Waals surface area contributed by atoms with Crippen LogP contribution in [-0.2, 0) is 18.4 Å². The van der Waals surface area contributed by atoms with Crippen molar-refractivity contribution in [1.29, 1.82) is 0 Å². The first-order valence-electron chi connectivity index (χ1n) is 19.1. The fourth-order valence-electron chi connectivity index (χ4n) is 5.39. The number of nitrogens with zero attached hydrogens (tertiary/aromatic N) is 1. The predicted molar refractivity (Wildman–Crippen MR) is 192 cm³/mol. The van der Waals surface area contributed by atoms with Crippen LogP contribution >= 0.6 is 7.82 Å². The van der Waals surface area contributed by atoms with Crippen LogP contribution in [0.2, 0.25) is 0 Å². The highest BCUT2D eigenvalue weighted by atomic mass is 31.2. The molecular formula is C37H75N2O6P. The fourth-order valence-corrected chi connectivity index (χ4v) is 6.11. The summed E-state index contributed by atoms with van der Waals surface area (Å²) in [7, 11) is 1.26. The van der Waals surface area contributed by atoms with E-state index in [2.05, 4.69) is 19.2 Å². The van der Waals surface area contributed by atoms with Crippen LogP contribution < -0.4 is 10.2 Å². The number of nitrogens with one attached hydrogen (secondary N) is 1. The Bertz CT molecular complexity index is 773. The molecular weight excluding hydrogens is 599 g/mol. The molecule has 2 N–H and O–H groups in total. The largest absolute Gasteiger partial charge is 0.756 e. The number of hydrogen-bond acceptors (Lipinski definition) is 6. The van der Waals surface area contributed by atoms with Crippen LogP contribution in [0.15, 0.2) is 12.2 Å². The standard InChI is InChI=1S/C37H75N2O6P/c1-6-8-10-12-14-16-17-18-19-20-21-23-24-26-28-30-36(40)35(34-45-46(42,43)44-33-32-39(3,4)5)38-37(41)31-29-27-25-22-15-13-11-9-7-2/h28,30,35-36,40H,6-27,29,31-34H2,1-5H3,(H-,38,41,42,43)/b30-28+. The van der Waals surface area contributed by atoms with Gasteiger partial charge < -0.3 is 28.8 Å². The molecule has 0 saturated carbocycles. The minimum absolute atomic E-state index is 0.00148. The number of hydrogen-bond donors (Lipinski definition) is 2. The van der Waals surface area contributed by atoms with E-state index in [-0.39, 0.29) is 19.1 Å². The first kappa shape index (κ1) is 45.2. The lowest BCUT2D eigenvalue weighted by Crippen LogP contribution is -2.45. The highest BCUT2D eigenvalue weighted by Crippen LogP contribution is 2.38. The Labute approximate surface area is 284 Å². The second-order valence-electron chi connectivity index (χ2n) is 14.3. The van der Waals surface area contributed by atoms with Crippen molar-refractivity contribution in [2.45, 2.75) is 180 Å². The van der Waals surface area contributed by atoms with Crippen LogP contribution in [0.1, 0.15) is 168 Å². The van der Waals surface area contributed by atoms with Gasteiger partial charge in [0.15, 0.2) is 0 Å². The number of quaternary nitrogens is 1. The van der Waals surface area contributed by atoms with Gasteiger partial charge in [-0.1, -0.05) is 154 Å². The van der Waals surface area contributed by atoms with E-state index in [1.165, 1.54) is 109 Å². The van der Waals surface area contributed by atoms with Gasteiger partial charge in [0.25, 0.3) is 7.82 Å². The Kier molecular flexibility index (Phi) is 29.8. The summed E-state index contributed by atoms with van der Waals surface area (Å²) in [6.45, 7) is 4.61. The molecule has 0 rings (SSSR count). The van der Waals surface area contributed by atoms with Gasteiger partial charge in [-0.05, 0) is 19.3 Å². The lowest BCUT2D eigenvalue weighted by atomic mass is 10.0. The van der Waals surface area contributed by atoms with Crippen LogP contribution in [0, 0.1) is 0 Å². The Hall–Kier alpha value is -0.760. The number of phosphoric acid groups is 1. The summed E-state index contributed by atoms with van der Waals surface area (Å²) in [4.78, 5) is 25.1. The fraction of sp³-hybridized carbons (Fsp3) is 0.919. The second kappa shape index (κ2) is 30.3. The molecule has 0 saturated heterocycles. The third kappa shape index (κ3) is 31.8. The van der Waals surface area contributed by atoms with Gasteiger partial charge in [-0.3, -0.25) is 9.36 Å². The number of aliphatic hydroxyl groups is 1. The summed E-state index contributed by atoms with van der Waals surface area (Å²) in [6.07, 6.45) is 31.1. The van der Waals surface area contributed by atoms with E-state index < -0.39 is 20.0 Å². The molecule has 0 aliphatic rings. The maximum Gasteiger partial charge on any atom is 0.268 e. The maximum absolute atomic E-state index is 12.7. The number of allylic oxidation sites excluding steroid dienone is 1. The summed E-state index contributed by atoms with van der Waals surface area (Å²) in [5.41, 5.74) is 0. The topological polar surface area (TPSA) is 108 Å². The van der Waals surface area contributed by atoms with Gasteiger partial charge in [-0.2, -0.15) is 0 Å². The molecule has 0 aromatic carbocycles. The quantitative estimate of drug-likeness (QED) is 0.0305. The van der Waals surface area contributed by atoms with Crippen molar-refractivity contribution in [3.05, 3.63) is 12.2 Å². The molecule has 0 aromatic rings. The molecule has 3 unspecified atom stereocenters. The number of aliphatic hydroxyl groups excluding tert-OH is 1. The van der Waals surface area contributed by atoms with Crippen molar-refractivity contribution in [2.75, 3.05) is 40.9 Å². The molecule has 9 heteroatoms. The van der Waals surface area contributed by atoms with E-state index in [0.717, 1.165) is 38.5 Å². The van der Waals surface area contributed by atoms with Gasteiger partial charge in [0, 0.05) is 6.42 Å². The van der Waals surface area contributed by atoms with Crippen molar-refractivity contribution in [3.8, 4) is 0 Å². The lowest BCUT2D eigenvalue weighted by molar-refractivity contribution is -0.870. The van der Waals surface area contributed by atoms with E-state index in [0.29, 0.717) is 17.4 Å². The van der Waals surface area contributed by atoms with Gasteiger partial charge in [0.2, 0.25) is 5.91 Å². The van der Waals surface area contributed by atoms with E-state index in [4.69, 9.17) is 9.05 Å². The molecule has 274 valence electrons. The number of carbonyl (C=O) groups is 1. The van der Waals surface area contributed by atoms with Crippen LogP contribution in [-0.4, -0.2) is 68.5 Å².